The Morgan fingerprint density at radius 2 is 1.60 bits per heavy atom. The Morgan fingerprint density at radius 1 is 0.800 bits per heavy atom. The predicted molar refractivity (Wildman–Crippen MR) is 60.7 cm³/mol. The van der Waals surface area contributed by atoms with Crippen molar-refractivity contribution in [1.29, 1.82) is 0 Å². The third-order valence-electron chi connectivity index (χ3n) is 4.92. The van der Waals surface area contributed by atoms with Gasteiger partial charge in [-0.3, -0.25) is 4.90 Å². The van der Waals surface area contributed by atoms with E-state index in [4.69, 9.17) is 0 Å². The minimum absolute atomic E-state index is 0.0225. The molecule has 0 aromatic carbocycles. The number of fused-ring (bicyclic) bond motifs is 1. The molecule has 2 heteroatoms. The number of likely N-dealkylation sites (tertiary alicyclic amines) is 1. The summed E-state index contributed by atoms with van der Waals surface area (Å²) in [5.41, 5.74) is 0. The van der Waals surface area contributed by atoms with Gasteiger partial charge in [-0.25, -0.2) is 0 Å². The van der Waals surface area contributed by atoms with Crippen molar-refractivity contribution in [1.82, 2.24) is 4.90 Å². The summed E-state index contributed by atoms with van der Waals surface area (Å²) in [6.07, 6.45) is 10.6. The molecule has 0 spiro atoms. The van der Waals surface area contributed by atoms with Gasteiger partial charge < -0.3 is 5.11 Å². The van der Waals surface area contributed by atoms with Crippen molar-refractivity contribution in [2.24, 2.45) is 5.92 Å². The van der Waals surface area contributed by atoms with Crippen molar-refractivity contribution in [3.8, 4) is 0 Å². The van der Waals surface area contributed by atoms with Crippen molar-refractivity contribution >= 4 is 0 Å². The van der Waals surface area contributed by atoms with Gasteiger partial charge in [-0.2, -0.15) is 0 Å². The van der Waals surface area contributed by atoms with E-state index in [1.165, 1.54) is 51.5 Å². The number of hydrogen-bond acceptors (Lipinski definition) is 2. The van der Waals surface area contributed by atoms with Crippen LogP contribution in [0.25, 0.3) is 0 Å². The summed E-state index contributed by atoms with van der Waals surface area (Å²) in [6.45, 7) is 1.26. The Morgan fingerprint density at radius 3 is 2.40 bits per heavy atom. The van der Waals surface area contributed by atoms with Crippen LogP contribution < -0.4 is 0 Å². The number of hydrogen-bond donors (Lipinski definition) is 1. The lowest BCUT2D eigenvalue weighted by Gasteiger charge is -2.36. The van der Waals surface area contributed by atoms with Gasteiger partial charge in [-0.1, -0.05) is 12.8 Å². The molecule has 0 bridgehead atoms. The first kappa shape index (κ1) is 10.1. The van der Waals surface area contributed by atoms with Crippen molar-refractivity contribution in [2.45, 2.75) is 69.6 Å². The van der Waals surface area contributed by atoms with Gasteiger partial charge in [0, 0.05) is 12.1 Å². The molecular formula is C13H23NO. The second-order valence-corrected chi connectivity index (χ2v) is 5.70. The van der Waals surface area contributed by atoms with Gasteiger partial charge in [0.2, 0.25) is 0 Å². The molecule has 3 aliphatic rings. The zero-order chi connectivity index (χ0) is 10.3. The van der Waals surface area contributed by atoms with Crippen molar-refractivity contribution in [3.63, 3.8) is 0 Å². The normalized spacial score (nSPS) is 47.0. The topological polar surface area (TPSA) is 23.5 Å². The van der Waals surface area contributed by atoms with Crippen LogP contribution in [0.3, 0.4) is 0 Å². The fraction of sp³-hybridized carbons (Fsp3) is 1.00. The second-order valence-electron chi connectivity index (χ2n) is 5.70. The van der Waals surface area contributed by atoms with Crippen LogP contribution in [0.4, 0.5) is 0 Å². The largest absolute Gasteiger partial charge is 0.391 e. The SMILES string of the molecule is O[C@H]1CCC[C@@H]1N1CCC2CCCCC21. The Balaban J connectivity index is 1.70. The van der Waals surface area contributed by atoms with E-state index < -0.39 is 0 Å². The first-order valence-electron chi connectivity index (χ1n) is 6.80. The van der Waals surface area contributed by atoms with Crippen molar-refractivity contribution < 1.29 is 5.11 Å². The monoisotopic (exact) mass is 209 g/mol. The number of aliphatic hydroxyl groups is 1. The molecule has 1 heterocycles. The van der Waals surface area contributed by atoms with Gasteiger partial charge in [-0.05, 0) is 51.0 Å². The molecule has 0 aromatic heterocycles. The quantitative estimate of drug-likeness (QED) is 0.715. The summed E-state index contributed by atoms with van der Waals surface area (Å²) < 4.78 is 0. The van der Waals surface area contributed by atoms with Crippen LogP contribution in [0.15, 0.2) is 0 Å². The molecule has 86 valence electrons. The van der Waals surface area contributed by atoms with Gasteiger partial charge in [0.15, 0.2) is 0 Å². The van der Waals surface area contributed by atoms with E-state index in [0.29, 0.717) is 6.04 Å². The minimum atomic E-state index is -0.0225. The molecule has 2 saturated carbocycles. The number of rotatable bonds is 1. The van der Waals surface area contributed by atoms with E-state index in [1.807, 2.05) is 0 Å². The Hall–Kier alpha value is -0.0800. The van der Waals surface area contributed by atoms with Gasteiger partial charge in [0.05, 0.1) is 6.10 Å². The summed E-state index contributed by atoms with van der Waals surface area (Å²) in [4.78, 5) is 2.67. The summed E-state index contributed by atoms with van der Waals surface area (Å²) in [5.74, 6) is 0.964. The first-order chi connectivity index (χ1) is 7.36. The maximum atomic E-state index is 10.00. The highest BCUT2D eigenvalue weighted by Crippen LogP contribution is 2.40. The van der Waals surface area contributed by atoms with E-state index in [0.717, 1.165) is 18.4 Å². The molecule has 2 aliphatic carbocycles. The fourth-order valence-corrected chi connectivity index (χ4v) is 4.16. The lowest BCUT2D eigenvalue weighted by molar-refractivity contribution is 0.0480. The van der Waals surface area contributed by atoms with Crippen molar-refractivity contribution in [2.75, 3.05) is 6.54 Å². The Labute approximate surface area is 92.7 Å². The summed E-state index contributed by atoms with van der Waals surface area (Å²) in [7, 11) is 0. The Bertz CT molecular complexity index is 231. The van der Waals surface area contributed by atoms with E-state index in [9.17, 15) is 5.11 Å². The van der Waals surface area contributed by atoms with Crippen LogP contribution >= 0.6 is 0 Å². The molecular weight excluding hydrogens is 186 g/mol. The highest BCUT2D eigenvalue weighted by molar-refractivity contribution is 4.96. The Kier molecular flexibility index (Phi) is 2.73. The van der Waals surface area contributed by atoms with E-state index in [-0.39, 0.29) is 6.10 Å². The molecule has 3 fully saturated rings. The molecule has 1 N–H and O–H groups in total. The molecule has 0 radical (unpaired) electrons. The van der Waals surface area contributed by atoms with Crippen LogP contribution in [0.2, 0.25) is 0 Å². The maximum absolute atomic E-state index is 10.00. The fourth-order valence-electron chi connectivity index (χ4n) is 4.16. The zero-order valence-corrected chi connectivity index (χ0v) is 9.57. The summed E-state index contributed by atoms with van der Waals surface area (Å²) in [6, 6.07) is 1.34. The third kappa shape index (κ3) is 1.72. The van der Waals surface area contributed by atoms with E-state index in [2.05, 4.69) is 4.90 Å². The van der Waals surface area contributed by atoms with E-state index >= 15 is 0 Å². The van der Waals surface area contributed by atoms with Gasteiger partial charge >= 0.3 is 0 Å². The van der Waals surface area contributed by atoms with Crippen LogP contribution in [-0.4, -0.2) is 34.7 Å². The lowest BCUT2D eigenvalue weighted by atomic mass is 9.85. The number of aliphatic hydroxyl groups excluding tert-OH is 1. The smallest absolute Gasteiger partial charge is 0.0695 e. The van der Waals surface area contributed by atoms with Crippen molar-refractivity contribution in [3.05, 3.63) is 0 Å². The molecule has 1 aliphatic heterocycles. The molecule has 0 aromatic rings. The van der Waals surface area contributed by atoms with Crippen LogP contribution in [-0.2, 0) is 0 Å². The molecule has 4 atom stereocenters. The zero-order valence-electron chi connectivity index (χ0n) is 9.57. The minimum Gasteiger partial charge on any atom is -0.391 e. The average Bonchev–Trinajstić information content (AvgIpc) is 2.83. The molecule has 15 heavy (non-hydrogen) atoms. The van der Waals surface area contributed by atoms with E-state index in [1.54, 1.807) is 0 Å². The molecule has 2 unspecified atom stereocenters. The maximum Gasteiger partial charge on any atom is 0.0695 e. The lowest BCUT2D eigenvalue weighted by Crippen LogP contribution is -2.45. The molecule has 0 amide bonds. The number of nitrogens with zero attached hydrogens (tertiary/aromatic N) is 1. The highest BCUT2D eigenvalue weighted by atomic mass is 16.3. The third-order valence-corrected chi connectivity index (χ3v) is 4.92. The molecule has 3 rings (SSSR count). The van der Waals surface area contributed by atoms with Gasteiger partial charge in [-0.15, -0.1) is 0 Å². The summed E-state index contributed by atoms with van der Waals surface area (Å²) in [5, 5.41) is 10.00. The van der Waals surface area contributed by atoms with Crippen LogP contribution in [0.1, 0.15) is 51.4 Å². The predicted octanol–water partition coefficient (Wildman–Crippen LogP) is 2.16. The summed E-state index contributed by atoms with van der Waals surface area (Å²) >= 11 is 0. The average molecular weight is 209 g/mol. The van der Waals surface area contributed by atoms with Gasteiger partial charge in [0.25, 0.3) is 0 Å². The van der Waals surface area contributed by atoms with Gasteiger partial charge in [0.1, 0.15) is 0 Å². The molecule has 1 saturated heterocycles. The van der Waals surface area contributed by atoms with Crippen LogP contribution in [0.5, 0.6) is 0 Å². The standard InChI is InChI=1S/C13H23NO/c15-13-7-3-6-12(13)14-9-8-10-4-1-2-5-11(10)14/h10-13,15H,1-9H2/t10?,11?,12-,13-/m0/s1. The first-order valence-corrected chi connectivity index (χ1v) is 6.80. The second kappa shape index (κ2) is 4.06. The highest BCUT2D eigenvalue weighted by Gasteiger charge is 2.42. The molecule has 2 nitrogen and oxygen atoms in total. The van der Waals surface area contributed by atoms with Crippen LogP contribution in [0, 0.1) is 5.92 Å².